The largest absolute Gasteiger partial charge is 0.325 e. The van der Waals surface area contributed by atoms with E-state index in [4.69, 9.17) is 0 Å². The topological polar surface area (TPSA) is 42.0 Å². The highest BCUT2D eigenvalue weighted by molar-refractivity contribution is 9.10. The van der Waals surface area contributed by atoms with Gasteiger partial charge in [0.15, 0.2) is 0 Å². The van der Waals surface area contributed by atoms with Gasteiger partial charge in [-0.15, -0.1) is 0 Å². The number of hydrogen-bond donors (Lipinski definition) is 1. The van der Waals surface area contributed by atoms with Crippen LogP contribution >= 0.6 is 15.9 Å². The van der Waals surface area contributed by atoms with Gasteiger partial charge in [-0.3, -0.25) is 4.79 Å². The molecular formula is C8H9BrN2O. The molecule has 0 fully saturated rings. The Kier molecular flexibility index (Phi) is 3.22. The van der Waals surface area contributed by atoms with Gasteiger partial charge in [0.1, 0.15) is 4.60 Å². The second-order valence-electron chi connectivity index (χ2n) is 2.27. The van der Waals surface area contributed by atoms with Crippen LogP contribution in [-0.2, 0) is 4.79 Å². The zero-order valence-corrected chi connectivity index (χ0v) is 8.26. The Hall–Kier alpha value is -0.900. The molecule has 64 valence electrons. The highest BCUT2D eigenvalue weighted by atomic mass is 79.9. The van der Waals surface area contributed by atoms with Crippen LogP contribution in [0, 0.1) is 0 Å². The van der Waals surface area contributed by atoms with Crippen LogP contribution in [0.4, 0.5) is 5.69 Å². The third-order valence-corrected chi connectivity index (χ3v) is 1.80. The van der Waals surface area contributed by atoms with Crippen molar-refractivity contribution in [3.63, 3.8) is 0 Å². The lowest BCUT2D eigenvalue weighted by atomic mass is 10.4. The second kappa shape index (κ2) is 4.21. The molecule has 1 aromatic rings. The van der Waals surface area contributed by atoms with Crippen molar-refractivity contribution in [1.82, 2.24) is 4.98 Å². The number of nitrogens with zero attached hydrogens (tertiary/aromatic N) is 1. The van der Waals surface area contributed by atoms with Crippen LogP contribution in [0.5, 0.6) is 0 Å². The van der Waals surface area contributed by atoms with E-state index in [0.29, 0.717) is 6.42 Å². The molecule has 0 saturated carbocycles. The van der Waals surface area contributed by atoms with Gasteiger partial charge in [0.2, 0.25) is 5.91 Å². The highest BCUT2D eigenvalue weighted by Gasteiger charge is 1.97. The summed E-state index contributed by atoms with van der Waals surface area (Å²) in [7, 11) is 0. The molecule has 0 spiro atoms. The zero-order valence-electron chi connectivity index (χ0n) is 6.67. The molecular weight excluding hydrogens is 220 g/mol. The lowest BCUT2D eigenvalue weighted by Crippen LogP contribution is -2.09. The number of carbonyl (C=O) groups is 1. The Morgan fingerprint density at radius 1 is 1.67 bits per heavy atom. The Bertz CT molecular complexity index is 271. The Morgan fingerprint density at radius 3 is 2.92 bits per heavy atom. The molecule has 0 unspecified atom stereocenters. The maximum atomic E-state index is 10.9. The summed E-state index contributed by atoms with van der Waals surface area (Å²) >= 11 is 3.20. The van der Waals surface area contributed by atoms with E-state index in [2.05, 4.69) is 26.2 Å². The van der Waals surface area contributed by atoms with E-state index in [-0.39, 0.29) is 5.91 Å². The minimum Gasteiger partial charge on any atom is -0.325 e. The van der Waals surface area contributed by atoms with Gasteiger partial charge in [-0.25, -0.2) is 4.98 Å². The van der Waals surface area contributed by atoms with Crippen molar-refractivity contribution in [3.05, 3.63) is 22.9 Å². The van der Waals surface area contributed by atoms with Gasteiger partial charge < -0.3 is 5.32 Å². The Morgan fingerprint density at radius 2 is 2.42 bits per heavy atom. The maximum Gasteiger partial charge on any atom is 0.224 e. The van der Waals surface area contributed by atoms with E-state index in [0.717, 1.165) is 10.3 Å². The molecule has 1 rings (SSSR count). The first-order chi connectivity index (χ1) is 5.72. The average molecular weight is 229 g/mol. The third-order valence-electron chi connectivity index (χ3n) is 1.33. The predicted octanol–water partition coefficient (Wildman–Crippen LogP) is 2.19. The molecule has 0 aromatic carbocycles. The number of amides is 1. The van der Waals surface area contributed by atoms with Gasteiger partial charge in [-0.05, 0) is 28.1 Å². The molecule has 0 aliphatic rings. The number of pyridine rings is 1. The number of nitrogens with one attached hydrogen (secondary N) is 1. The summed E-state index contributed by atoms with van der Waals surface area (Å²) in [6.07, 6.45) is 2.09. The Labute approximate surface area is 79.3 Å². The summed E-state index contributed by atoms with van der Waals surface area (Å²) in [5, 5.41) is 2.70. The Balaban J connectivity index is 2.64. The third kappa shape index (κ3) is 2.62. The second-order valence-corrected chi connectivity index (χ2v) is 3.08. The van der Waals surface area contributed by atoms with Crippen LogP contribution < -0.4 is 5.32 Å². The van der Waals surface area contributed by atoms with Gasteiger partial charge in [-0.2, -0.15) is 0 Å². The van der Waals surface area contributed by atoms with Crippen molar-refractivity contribution in [1.29, 1.82) is 0 Å². The minimum atomic E-state index is -0.000813. The van der Waals surface area contributed by atoms with Gasteiger partial charge in [-0.1, -0.05) is 6.92 Å². The molecule has 1 heterocycles. The number of hydrogen-bond acceptors (Lipinski definition) is 2. The highest BCUT2D eigenvalue weighted by Crippen LogP contribution is 2.10. The van der Waals surface area contributed by atoms with Crippen molar-refractivity contribution in [2.75, 3.05) is 5.32 Å². The minimum absolute atomic E-state index is 0.000813. The maximum absolute atomic E-state index is 10.9. The summed E-state index contributed by atoms with van der Waals surface area (Å²) in [5.74, 6) is -0.000813. The van der Waals surface area contributed by atoms with Crippen molar-refractivity contribution < 1.29 is 4.79 Å². The van der Waals surface area contributed by atoms with Gasteiger partial charge in [0, 0.05) is 6.42 Å². The van der Waals surface area contributed by atoms with Crippen molar-refractivity contribution in [2.24, 2.45) is 0 Å². The fourth-order valence-corrected chi connectivity index (χ4v) is 0.934. The van der Waals surface area contributed by atoms with Crippen molar-refractivity contribution in [2.45, 2.75) is 13.3 Å². The molecule has 1 N–H and O–H groups in total. The van der Waals surface area contributed by atoms with Crippen molar-refractivity contribution in [3.8, 4) is 0 Å². The van der Waals surface area contributed by atoms with Crippen LogP contribution in [0.15, 0.2) is 22.9 Å². The van der Waals surface area contributed by atoms with E-state index < -0.39 is 0 Å². The molecule has 0 aliphatic heterocycles. The SMILES string of the molecule is CCC(=O)Nc1ccc(Br)nc1. The molecule has 1 aromatic heterocycles. The first kappa shape index (κ1) is 9.19. The van der Waals surface area contributed by atoms with E-state index in [1.54, 1.807) is 18.3 Å². The molecule has 0 radical (unpaired) electrons. The standard InChI is InChI=1S/C8H9BrN2O/c1-2-8(12)11-6-3-4-7(9)10-5-6/h3-5H,2H2,1H3,(H,11,12). The van der Waals surface area contributed by atoms with Crippen LogP contribution in [0.1, 0.15) is 13.3 Å². The first-order valence-electron chi connectivity index (χ1n) is 3.63. The van der Waals surface area contributed by atoms with Crippen LogP contribution in [0.3, 0.4) is 0 Å². The monoisotopic (exact) mass is 228 g/mol. The van der Waals surface area contributed by atoms with Crippen LogP contribution in [-0.4, -0.2) is 10.9 Å². The number of aromatic nitrogens is 1. The average Bonchev–Trinajstić information content (AvgIpc) is 2.09. The first-order valence-corrected chi connectivity index (χ1v) is 4.43. The van der Waals surface area contributed by atoms with Gasteiger partial charge >= 0.3 is 0 Å². The summed E-state index contributed by atoms with van der Waals surface area (Å²) < 4.78 is 0.761. The number of rotatable bonds is 2. The van der Waals surface area contributed by atoms with E-state index in [9.17, 15) is 4.79 Å². The summed E-state index contributed by atoms with van der Waals surface area (Å²) in [6.45, 7) is 1.81. The lowest BCUT2D eigenvalue weighted by molar-refractivity contribution is -0.115. The predicted molar refractivity (Wildman–Crippen MR) is 50.9 cm³/mol. The van der Waals surface area contributed by atoms with E-state index >= 15 is 0 Å². The van der Waals surface area contributed by atoms with Crippen LogP contribution in [0.2, 0.25) is 0 Å². The molecule has 0 bridgehead atoms. The fourth-order valence-electron chi connectivity index (χ4n) is 0.699. The lowest BCUT2D eigenvalue weighted by Gasteiger charge is -2.01. The van der Waals surface area contributed by atoms with Gasteiger partial charge in [0.25, 0.3) is 0 Å². The zero-order chi connectivity index (χ0) is 8.97. The molecule has 12 heavy (non-hydrogen) atoms. The van der Waals surface area contributed by atoms with E-state index in [1.807, 2.05) is 6.92 Å². The molecule has 3 nitrogen and oxygen atoms in total. The summed E-state index contributed by atoms with van der Waals surface area (Å²) in [4.78, 5) is 14.9. The molecule has 0 saturated heterocycles. The van der Waals surface area contributed by atoms with Gasteiger partial charge in [0.05, 0.1) is 11.9 Å². The number of anilines is 1. The number of carbonyl (C=O) groups excluding carboxylic acids is 1. The fraction of sp³-hybridized carbons (Fsp3) is 0.250. The normalized spacial score (nSPS) is 9.50. The molecule has 4 heteroatoms. The quantitative estimate of drug-likeness (QED) is 0.789. The van der Waals surface area contributed by atoms with Crippen molar-refractivity contribution >= 4 is 27.5 Å². The summed E-state index contributed by atoms with van der Waals surface area (Å²) in [6, 6.07) is 3.58. The number of halogens is 1. The molecule has 0 atom stereocenters. The van der Waals surface area contributed by atoms with Crippen LogP contribution in [0.25, 0.3) is 0 Å². The van der Waals surface area contributed by atoms with E-state index in [1.165, 1.54) is 0 Å². The molecule has 1 amide bonds. The molecule has 0 aliphatic carbocycles. The smallest absolute Gasteiger partial charge is 0.224 e. The summed E-state index contributed by atoms with van der Waals surface area (Å²) in [5.41, 5.74) is 0.727.